The van der Waals surface area contributed by atoms with Crippen LogP contribution in [-0.2, 0) is 4.79 Å². The molecule has 2 atom stereocenters. The minimum Gasteiger partial charge on any atom is -0.334 e. The minimum atomic E-state index is -0.0537. The predicted molar refractivity (Wildman–Crippen MR) is 71.9 cm³/mol. The Labute approximate surface area is 115 Å². The number of hydrogen-bond acceptors (Lipinski definition) is 4. The summed E-state index contributed by atoms with van der Waals surface area (Å²) >= 11 is 1.41. The Morgan fingerprint density at radius 2 is 2.42 bits per heavy atom. The lowest BCUT2D eigenvalue weighted by Crippen LogP contribution is -2.40. The van der Waals surface area contributed by atoms with Crippen LogP contribution in [0.5, 0.6) is 0 Å². The molecule has 1 aromatic rings. The van der Waals surface area contributed by atoms with E-state index in [-0.39, 0.29) is 23.9 Å². The molecule has 2 aliphatic rings. The molecule has 19 heavy (non-hydrogen) atoms. The van der Waals surface area contributed by atoms with E-state index in [0.717, 1.165) is 6.42 Å². The van der Waals surface area contributed by atoms with E-state index in [1.165, 1.54) is 11.3 Å². The van der Waals surface area contributed by atoms with Gasteiger partial charge in [-0.1, -0.05) is 6.08 Å². The van der Waals surface area contributed by atoms with E-state index < -0.39 is 0 Å². The highest BCUT2D eigenvalue weighted by atomic mass is 32.1. The van der Waals surface area contributed by atoms with Gasteiger partial charge in [0.15, 0.2) is 0 Å². The summed E-state index contributed by atoms with van der Waals surface area (Å²) in [5.41, 5.74) is 2.14. The third-order valence-corrected chi connectivity index (χ3v) is 4.44. The molecule has 0 saturated carbocycles. The van der Waals surface area contributed by atoms with Crippen LogP contribution in [0.1, 0.15) is 23.3 Å². The number of amides is 2. The van der Waals surface area contributed by atoms with Gasteiger partial charge in [0.25, 0.3) is 5.91 Å². The van der Waals surface area contributed by atoms with Crippen molar-refractivity contribution in [2.75, 3.05) is 13.1 Å². The molecule has 2 aliphatic heterocycles. The van der Waals surface area contributed by atoms with Crippen LogP contribution in [0.4, 0.5) is 0 Å². The maximum atomic E-state index is 12.3. The first-order valence-electron chi connectivity index (χ1n) is 6.32. The summed E-state index contributed by atoms with van der Waals surface area (Å²) in [5, 5.41) is 1.76. The fraction of sp³-hybridized carbons (Fsp3) is 0.462. The highest BCUT2D eigenvalue weighted by Gasteiger charge is 2.48. The monoisotopic (exact) mass is 277 g/mol. The van der Waals surface area contributed by atoms with Crippen molar-refractivity contribution in [2.24, 2.45) is 0 Å². The molecular weight excluding hydrogens is 262 g/mol. The zero-order valence-electron chi connectivity index (χ0n) is 10.5. The SMILES string of the molecule is C=CCN1C(=O)C[C@@H]2[C@@H]1CCN2C(=O)c1cscn1. The van der Waals surface area contributed by atoms with Crippen molar-refractivity contribution >= 4 is 23.2 Å². The van der Waals surface area contributed by atoms with Gasteiger partial charge in [0.1, 0.15) is 5.69 Å². The van der Waals surface area contributed by atoms with Crippen LogP contribution < -0.4 is 0 Å². The number of thiazole rings is 1. The Morgan fingerprint density at radius 1 is 1.58 bits per heavy atom. The fourth-order valence-electron chi connectivity index (χ4n) is 3.02. The Balaban J connectivity index is 1.79. The second-order valence-electron chi connectivity index (χ2n) is 4.83. The van der Waals surface area contributed by atoms with Crippen LogP contribution in [0.2, 0.25) is 0 Å². The molecule has 0 aromatic carbocycles. The van der Waals surface area contributed by atoms with Crippen molar-refractivity contribution in [1.82, 2.24) is 14.8 Å². The topological polar surface area (TPSA) is 53.5 Å². The molecule has 2 saturated heterocycles. The first-order valence-corrected chi connectivity index (χ1v) is 7.26. The second kappa shape index (κ2) is 4.77. The molecule has 0 radical (unpaired) electrons. The van der Waals surface area contributed by atoms with Gasteiger partial charge in [0.05, 0.1) is 17.6 Å². The quantitative estimate of drug-likeness (QED) is 0.779. The summed E-state index contributed by atoms with van der Waals surface area (Å²) < 4.78 is 0. The summed E-state index contributed by atoms with van der Waals surface area (Å²) in [6.07, 6.45) is 3.01. The molecule has 6 heteroatoms. The summed E-state index contributed by atoms with van der Waals surface area (Å²) in [7, 11) is 0. The first kappa shape index (κ1) is 12.3. The van der Waals surface area contributed by atoms with Crippen molar-refractivity contribution in [3.63, 3.8) is 0 Å². The molecule has 2 fully saturated rings. The van der Waals surface area contributed by atoms with Crippen LogP contribution in [-0.4, -0.2) is 51.8 Å². The van der Waals surface area contributed by atoms with Crippen molar-refractivity contribution < 1.29 is 9.59 Å². The molecule has 0 unspecified atom stereocenters. The molecule has 0 spiro atoms. The van der Waals surface area contributed by atoms with E-state index in [9.17, 15) is 9.59 Å². The summed E-state index contributed by atoms with van der Waals surface area (Å²) in [6, 6.07) is 0.148. The Bertz CT molecular complexity index is 514. The summed E-state index contributed by atoms with van der Waals surface area (Å²) in [4.78, 5) is 32.0. The molecule has 5 nitrogen and oxygen atoms in total. The second-order valence-corrected chi connectivity index (χ2v) is 5.55. The van der Waals surface area contributed by atoms with Crippen molar-refractivity contribution in [3.8, 4) is 0 Å². The van der Waals surface area contributed by atoms with E-state index >= 15 is 0 Å². The zero-order chi connectivity index (χ0) is 13.4. The number of rotatable bonds is 3. The molecule has 0 bridgehead atoms. The van der Waals surface area contributed by atoms with Gasteiger partial charge in [0, 0.05) is 24.9 Å². The largest absolute Gasteiger partial charge is 0.334 e. The first-order chi connectivity index (χ1) is 9.22. The van der Waals surface area contributed by atoms with Crippen LogP contribution >= 0.6 is 11.3 Å². The highest BCUT2D eigenvalue weighted by molar-refractivity contribution is 7.07. The van der Waals surface area contributed by atoms with Crippen LogP contribution in [0.25, 0.3) is 0 Å². The third kappa shape index (κ3) is 1.96. The average molecular weight is 277 g/mol. The molecule has 2 amide bonds. The Kier molecular flexibility index (Phi) is 3.10. The molecule has 1 aromatic heterocycles. The van der Waals surface area contributed by atoms with Gasteiger partial charge in [-0.05, 0) is 6.42 Å². The summed E-state index contributed by atoms with van der Waals surface area (Å²) in [6.45, 7) is 4.95. The molecular formula is C13H15N3O2S. The van der Waals surface area contributed by atoms with Crippen LogP contribution in [0, 0.1) is 0 Å². The van der Waals surface area contributed by atoms with E-state index in [0.29, 0.717) is 25.2 Å². The highest BCUT2D eigenvalue weighted by Crippen LogP contribution is 2.33. The lowest BCUT2D eigenvalue weighted by molar-refractivity contribution is -0.128. The van der Waals surface area contributed by atoms with Crippen LogP contribution in [0.15, 0.2) is 23.5 Å². The van der Waals surface area contributed by atoms with Gasteiger partial charge in [-0.3, -0.25) is 9.59 Å². The Morgan fingerprint density at radius 3 is 3.11 bits per heavy atom. The third-order valence-electron chi connectivity index (χ3n) is 3.85. The van der Waals surface area contributed by atoms with E-state index in [4.69, 9.17) is 0 Å². The summed E-state index contributed by atoms with van der Waals surface area (Å²) in [5.74, 6) is 0.0627. The van der Waals surface area contributed by atoms with E-state index in [1.54, 1.807) is 21.9 Å². The molecule has 0 N–H and O–H groups in total. The predicted octanol–water partition coefficient (Wildman–Crippen LogP) is 1.14. The minimum absolute atomic E-state index is 0.00153. The maximum Gasteiger partial charge on any atom is 0.273 e. The van der Waals surface area contributed by atoms with Gasteiger partial charge in [0.2, 0.25) is 5.91 Å². The lowest BCUT2D eigenvalue weighted by Gasteiger charge is -2.24. The molecule has 100 valence electrons. The number of carbonyl (C=O) groups is 2. The number of aromatic nitrogens is 1. The number of nitrogens with zero attached hydrogens (tertiary/aromatic N) is 3. The van der Waals surface area contributed by atoms with Crippen molar-refractivity contribution in [2.45, 2.75) is 24.9 Å². The number of carbonyl (C=O) groups excluding carboxylic acids is 2. The van der Waals surface area contributed by atoms with Gasteiger partial charge in [-0.15, -0.1) is 17.9 Å². The number of likely N-dealkylation sites (tertiary alicyclic amines) is 2. The van der Waals surface area contributed by atoms with Gasteiger partial charge in [-0.25, -0.2) is 4.98 Å². The van der Waals surface area contributed by atoms with E-state index in [1.807, 2.05) is 4.90 Å². The fourth-order valence-corrected chi connectivity index (χ4v) is 3.55. The van der Waals surface area contributed by atoms with Gasteiger partial charge >= 0.3 is 0 Å². The normalized spacial score (nSPS) is 25.8. The van der Waals surface area contributed by atoms with Crippen molar-refractivity contribution in [3.05, 3.63) is 29.2 Å². The molecule has 0 aliphatic carbocycles. The average Bonchev–Trinajstić information content (AvgIpc) is 3.08. The van der Waals surface area contributed by atoms with Gasteiger partial charge < -0.3 is 9.80 Å². The molecule has 3 rings (SSSR count). The maximum absolute atomic E-state index is 12.3. The molecule has 3 heterocycles. The smallest absolute Gasteiger partial charge is 0.273 e. The van der Waals surface area contributed by atoms with Gasteiger partial charge in [-0.2, -0.15) is 0 Å². The number of fused-ring (bicyclic) bond motifs is 1. The Hall–Kier alpha value is -1.69. The van der Waals surface area contributed by atoms with Crippen molar-refractivity contribution in [1.29, 1.82) is 0 Å². The zero-order valence-corrected chi connectivity index (χ0v) is 11.3. The van der Waals surface area contributed by atoms with E-state index in [2.05, 4.69) is 11.6 Å². The lowest BCUT2D eigenvalue weighted by atomic mass is 10.1. The van der Waals surface area contributed by atoms with Crippen LogP contribution in [0.3, 0.4) is 0 Å². The standard InChI is InChI=1S/C13H15N3O2S/c1-2-4-15-10-3-5-16(11(10)6-12(15)17)13(18)9-7-19-8-14-9/h2,7-8,10-11H,1,3-6H2/t10-,11+/m0/s1. The number of hydrogen-bond donors (Lipinski definition) is 0.